The molecule has 0 saturated carbocycles. The van der Waals surface area contributed by atoms with Gasteiger partial charge < -0.3 is 14.2 Å². The van der Waals surface area contributed by atoms with Crippen LogP contribution in [0.3, 0.4) is 0 Å². The van der Waals surface area contributed by atoms with E-state index in [0.717, 1.165) is 11.3 Å². The first-order chi connectivity index (χ1) is 10.4. The molecule has 1 saturated heterocycles. The molecule has 1 heterocycles. The van der Waals surface area contributed by atoms with Crippen LogP contribution < -0.4 is 4.74 Å². The molecule has 0 spiro atoms. The van der Waals surface area contributed by atoms with E-state index in [1.54, 1.807) is 25.3 Å². The first-order valence-electron chi connectivity index (χ1n) is 6.82. The van der Waals surface area contributed by atoms with E-state index in [-0.39, 0.29) is 5.57 Å². The predicted octanol–water partition coefficient (Wildman–Crippen LogP) is 2.64. The van der Waals surface area contributed by atoms with Gasteiger partial charge in [0.1, 0.15) is 11.3 Å². The molecule has 0 N–H and O–H groups in total. The van der Waals surface area contributed by atoms with Crippen LogP contribution in [-0.4, -0.2) is 24.8 Å². The number of carbonyl (C=O) groups excluding carboxylic acids is 2. The summed E-state index contributed by atoms with van der Waals surface area (Å²) in [7, 11) is 1.58. The van der Waals surface area contributed by atoms with Gasteiger partial charge in [0, 0.05) is 13.8 Å². The number of carbonyl (C=O) groups is 2. The van der Waals surface area contributed by atoms with E-state index in [1.807, 2.05) is 6.07 Å². The summed E-state index contributed by atoms with van der Waals surface area (Å²) in [5.74, 6) is -1.90. The van der Waals surface area contributed by atoms with Gasteiger partial charge in [0.2, 0.25) is 0 Å². The molecule has 1 aromatic carbocycles. The minimum atomic E-state index is -1.24. The Labute approximate surface area is 129 Å². The minimum Gasteiger partial charge on any atom is -0.496 e. The number of benzene rings is 1. The second-order valence-electron chi connectivity index (χ2n) is 5.30. The van der Waals surface area contributed by atoms with Crippen LogP contribution in [0, 0.1) is 0 Å². The Bertz CT molecular complexity index is 633. The average molecular weight is 302 g/mol. The third-order valence-corrected chi connectivity index (χ3v) is 3.10. The fourth-order valence-electron chi connectivity index (χ4n) is 2.15. The van der Waals surface area contributed by atoms with Gasteiger partial charge >= 0.3 is 11.9 Å². The summed E-state index contributed by atoms with van der Waals surface area (Å²) in [5, 5.41) is 0. The van der Waals surface area contributed by atoms with Crippen molar-refractivity contribution in [2.24, 2.45) is 0 Å². The van der Waals surface area contributed by atoms with Gasteiger partial charge in [-0.1, -0.05) is 12.1 Å². The van der Waals surface area contributed by atoms with Crippen molar-refractivity contribution in [3.8, 4) is 5.75 Å². The number of hydrogen-bond acceptors (Lipinski definition) is 5. The summed E-state index contributed by atoms with van der Waals surface area (Å²) in [6.45, 7) is 6.72. The van der Waals surface area contributed by atoms with Gasteiger partial charge in [-0.25, -0.2) is 9.59 Å². The molecule has 0 aliphatic carbocycles. The molecule has 0 radical (unpaired) electrons. The lowest BCUT2D eigenvalue weighted by Crippen LogP contribution is -2.41. The highest BCUT2D eigenvalue weighted by atomic mass is 16.7. The predicted molar refractivity (Wildman–Crippen MR) is 81.1 cm³/mol. The largest absolute Gasteiger partial charge is 0.496 e. The number of rotatable bonds is 4. The number of allylic oxidation sites excluding steroid dienone is 1. The average Bonchev–Trinajstić information content (AvgIpc) is 2.42. The summed E-state index contributed by atoms with van der Waals surface area (Å²) in [6, 6.07) is 5.35. The van der Waals surface area contributed by atoms with Crippen LogP contribution >= 0.6 is 0 Å². The normalized spacial score (nSPS) is 16.6. The van der Waals surface area contributed by atoms with Crippen molar-refractivity contribution in [1.29, 1.82) is 0 Å². The highest BCUT2D eigenvalue weighted by Crippen LogP contribution is 2.26. The third-order valence-electron chi connectivity index (χ3n) is 3.10. The van der Waals surface area contributed by atoms with Crippen molar-refractivity contribution in [2.45, 2.75) is 26.1 Å². The van der Waals surface area contributed by atoms with Crippen LogP contribution in [0.5, 0.6) is 5.75 Å². The number of cyclic esters (lactones) is 2. The first kappa shape index (κ1) is 15.8. The Morgan fingerprint density at radius 1 is 1.23 bits per heavy atom. The van der Waals surface area contributed by atoms with Gasteiger partial charge in [-0.15, -0.1) is 6.58 Å². The van der Waals surface area contributed by atoms with Crippen LogP contribution in [0.15, 0.2) is 36.4 Å². The summed E-state index contributed by atoms with van der Waals surface area (Å²) >= 11 is 0. The molecule has 0 atom stereocenters. The SMILES string of the molecule is C=CCc1cc(C=C2C(=O)OC(C)(C)OC2=O)ccc1OC. The van der Waals surface area contributed by atoms with Crippen molar-refractivity contribution >= 4 is 18.0 Å². The zero-order chi connectivity index (χ0) is 16.3. The van der Waals surface area contributed by atoms with Crippen LogP contribution in [0.2, 0.25) is 0 Å². The molecule has 2 rings (SSSR count). The summed E-state index contributed by atoms with van der Waals surface area (Å²) in [5.41, 5.74) is 1.46. The van der Waals surface area contributed by atoms with Gasteiger partial charge in [0.25, 0.3) is 5.79 Å². The highest BCUT2D eigenvalue weighted by Gasteiger charge is 2.38. The molecule has 22 heavy (non-hydrogen) atoms. The quantitative estimate of drug-likeness (QED) is 0.370. The van der Waals surface area contributed by atoms with E-state index in [9.17, 15) is 9.59 Å². The molecule has 5 nitrogen and oxygen atoms in total. The minimum absolute atomic E-state index is 0.131. The Balaban J connectivity index is 2.36. The van der Waals surface area contributed by atoms with Crippen LogP contribution in [0.4, 0.5) is 0 Å². The molecule has 0 bridgehead atoms. The molecular weight excluding hydrogens is 284 g/mol. The lowest BCUT2D eigenvalue weighted by Gasteiger charge is -2.29. The van der Waals surface area contributed by atoms with Gasteiger partial charge in [0.15, 0.2) is 0 Å². The molecule has 1 aliphatic rings. The van der Waals surface area contributed by atoms with E-state index in [1.165, 1.54) is 19.9 Å². The van der Waals surface area contributed by atoms with Crippen molar-refractivity contribution in [2.75, 3.05) is 7.11 Å². The lowest BCUT2D eigenvalue weighted by molar-refractivity contribution is -0.222. The van der Waals surface area contributed by atoms with Gasteiger partial charge in [0.05, 0.1) is 7.11 Å². The van der Waals surface area contributed by atoms with Crippen molar-refractivity contribution < 1.29 is 23.8 Å². The number of esters is 2. The maximum absolute atomic E-state index is 11.9. The van der Waals surface area contributed by atoms with E-state index in [0.29, 0.717) is 12.0 Å². The fraction of sp³-hybridized carbons (Fsp3) is 0.294. The smallest absolute Gasteiger partial charge is 0.348 e. The second kappa shape index (κ2) is 6.05. The van der Waals surface area contributed by atoms with Crippen LogP contribution in [-0.2, 0) is 25.5 Å². The fourth-order valence-corrected chi connectivity index (χ4v) is 2.15. The number of hydrogen-bond donors (Lipinski definition) is 0. The zero-order valence-electron chi connectivity index (χ0n) is 12.8. The molecular formula is C17H18O5. The topological polar surface area (TPSA) is 61.8 Å². The molecule has 1 fully saturated rings. The standard InChI is InChI=1S/C17H18O5/c1-5-6-12-9-11(7-8-14(12)20-4)10-13-15(18)21-17(2,3)22-16(13)19/h5,7-10H,1,6H2,2-4H3. The molecule has 5 heteroatoms. The van der Waals surface area contributed by atoms with E-state index < -0.39 is 17.7 Å². The molecule has 1 aromatic rings. The number of methoxy groups -OCH3 is 1. The molecule has 0 amide bonds. The van der Waals surface area contributed by atoms with E-state index in [4.69, 9.17) is 14.2 Å². The molecule has 0 aromatic heterocycles. The van der Waals surface area contributed by atoms with Crippen LogP contribution in [0.1, 0.15) is 25.0 Å². The summed E-state index contributed by atoms with van der Waals surface area (Å²) in [6.07, 6.45) is 3.81. The maximum atomic E-state index is 11.9. The molecule has 116 valence electrons. The van der Waals surface area contributed by atoms with Gasteiger partial charge in [-0.05, 0) is 35.8 Å². The van der Waals surface area contributed by atoms with Crippen molar-refractivity contribution in [1.82, 2.24) is 0 Å². The Kier molecular flexibility index (Phi) is 4.35. The van der Waals surface area contributed by atoms with Crippen molar-refractivity contribution in [3.63, 3.8) is 0 Å². The Morgan fingerprint density at radius 2 is 1.86 bits per heavy atom. The lowest BCUT2D eigenvalue weighted by atomic mass is 10.0. The summed E-state index contributed by atoms with van der Waals surface area (Å²) in [4.78, 5) is 23.9. The van der Waals surface area contributed by atoms with Gasteiger partial charge in [-0.2, -0.15) is 0 Å². The second-order valence-corrected chi connectivity index (χ2v) is 5.30. The van der Waals surface area contributed by atoms with Gasteiger partial charge in [-0.3, -0.25) is 0 Å². The Hall–Kier alpha value is -2.56. The monoisotopic (exact) mass is 302 g/mol. The van der Waals surface area contributed by atoms with E-state index in [2.05, 4.69) is 6.58 Å². The maximum Gasteiger partial charge on any atom is 0.348 e. The van der Waals surface area contributed by atoms with E-state index >= 15 is 0 Å². The van der Waals surface area contributed by atoms with Crippen molar-refractivity contribution in [3.05, 3.63) is 47.6 Å². The summed E-state index contributed by atoms with van der Waals surface area (Å²) < 4.78 is 15.4. The number of ether oxygens (including phenoxy) is 3. The van der Waals surface area contributed by atoms with Crippen LogP contribution in [0.25, 0.3) is 6.08 Å². The zero-order valence-corrected chi connectivity index (χ0v) is 12.8. The third kappa shape index (κ3) is 3.36. The first-order valence-corrected chi connectivity index (χ1v) is 6.82. The highest BCUT2D eigenvalue weighted by molar-refractivity contribution is 6.18. The molecule has 1 aliphatic heterocycles. The molecule has 0 unspecified atom stereocenters. The Morgan fingerprint density at radius 3 is 2.41 bits per heavy atom.